The number of benzene rings is 1. The zero-order valence-electron chi connectivity index (χ0n) is 11.5. The fraction of sp³-hybridized carbons (Fsp3) is 0.467. The molecule has 0 bridgehead atoms. The normalized spacial score (nSPS) is 14.5. The van der Waals surface area contributed by atoms with Gasteiger partial charge in [-0.05, 0) is 24.0 Å². The second kappa shape index (κ2) is 7.05. The van der Waals surface area contributed by atoms with Crippen molar-refractivity contribution in [2.45, 2.75) is 25.8 Å². The third kappa shape index (κ3) is 4.35. The van der Waals surface area contributed by atoms with Crippen molar-refractivity contribution in [2.75, 3.05) is 19.6 Å². The van der Waals surface area contributed by atoms with E-state index in [4.69, 9.17) is 5.11 Å². The number of likely N-dealkylation sites (tertiary alicyclic amines) is 1. The average Bonchev–Trinajstić information content (AvgIpc) is 2.94. The van der Waals surface area contributed by atoms with Gasteiger partial charge in [-0.1, -0.05) is 24.3 Å². The summed E-state index contributed by atoms with van der Waals surface area (Å²) in [6.07, 6.45) is 2.26. The van der Waals surface area contributed by atoms with Gasteiger partial charge < -0.3 is 15.3 Å². The molecule has 1 aliphatic rings. The van der Waals surface area contributed by atoms with Crippen LogP contribution < -0.4 is 5.32 Å². The Morgan fingerprint density at radius 1 is 1.10 bits per heavy atom. The van der Waals surface area contributed by atoms with E-state index in [-0.39, 0.29) is 12.3 Å². The Labute approximate surface area is 118 Å². The lowest BCUT2D eigenvalue weighted by atomic mass is 10.1. The fourth-order valence-electron chi connectivity index (χ4n) is 2.34. The molecular formula is C15H20N2O3. The van der Waals surface area contributed by atoms with Crippen molar-refractivity contribution in [1.82, 2.24) is 10.2 Å². The van der Waals surface area contributed by atoms with E-state index >= 15 is 0 Å². The highest BCUT2D eigenvalue weighted by atomic mass is 16.4. The van der Waals surface area contributed by atoms with Crippen LogP contribution in [0.25, 0.3) is 0 Å². The van der Waals surface area contributed by atoms with E-state index in [9.17, 15) is 9.59 Å². The molecule has 0 atom stereocenters. The van der Waals surface area contributed by atoms with Gasteiger partial charge in [-0.3, -0.25) is 9.59 Å². The second-order valence-electron chi connectivity index (χ2n) is 5.08. The maximum absolute atomic E-state index is 11.8. The van der Waals surface area contributed by atoms with Crippen LogP contribution >= 0.6 is 0 Å². The van der Waals surface area contributed by atoms with Gasteiger partial charge in [0.25, 0.3) is 0 Å². The lowest BCUT2D eigenvalue weighted by Crippen LogP contribution is -2.35. The molecule has 0 saturated carbocycles. The molecule has 1 heterocycles. The van der Waals surface area contributed by atoms with Crippen molar-refractivity contribution in [3.63, 3.8) is 0 Å². The van der Waals surface area contributed by atoms with Gasteiger partial charge >= 0.3 is 5.97 Å². The first-order valence-corrected chi connectivity index (χ1v) is 6.93. The summed E-state index contributed by atoms with van der Waals surface area (Å²) in [6, 6.07) is 7.41. The van der Waals surface area contributed by atoms with Crippen LogP contribution in [0.1, 0.15) is 24.0 Å². The number of hydrogen-bond acceptors (Lipinski definition) is 3. The second-order valence-corrected chi connectivity index (χ2v) is 5.08. The highest BCUT2D eigenvalue weighted by molar-refractivity contribution is 5.78. The van der Waals surface area contributed by atoms with Crippen LogP contribution in [0.2, 0.25) is 0 Å². The van der Waals surface area contributed by atoms with Gasteiger partial charge in [-0.2, -0.15) is 0 Å². The molecule has 0 radical (unpaired) electrons. The summed E-state index contributed by atoms with van der Waals surface area (Å²) in [7, 11) is 0. The summed E-state index contributed by atoms with van der Waals surface area (Å²) >= 11 is 0. The highest BCUT2D eigenvalue weighted by Crippen LogP contribution is 2.07. The number of carboxylic acid groups (broad SMARTS) is 1. The van der Waals surface area contributed by atoms with E-state index in [2.05, 4.69) is 5.32 Å². The van der Waals surface area contributed by atoms with Crippen molar-refractivity contribution < 1.29 is 14.7 Å². The van der Waals surface area contributed by atoms with E-state index in [1.54, 1.807) is 0 Å². The Balaban J connectivity index is 1.73. The van der Waals surface area contributed by atoms with Crippen LogP contribution in [-0.2, 0) is 22.6 Å². The first kappa shape index (κ1) is 14.5. The van der Waals surface area contributed by atoms with E-state index in [1.807, 2.05) is 29.2 Å². The lowest BCUT2D eigenvalue weighted by Gasteiger charge is -2.15. The lowest BCUT2D eigenvalue weighted by molar-refractivity contribution is -0.136. The first-order chi connectivity index (χ1) is 9.65. The zero-order chi connectivity index (χ0) is 14.4. The van der Waals surface area contributed by atoms with Crippen LogP contribution in [0.3, 0.4) is 0 Å². The Bertz CT molecular complexity index is 465. The molecule has 2 rings (SSSR count). The minimum absolute atomic E-state index is 0.0428. The molecule has 1 aliphatic heterocycles. The van der Waals surface area contributed by atoms with Gasteiger partial charge in [0, 0.05) is 19.6 Å². The molecule has 5 nitrogen and oxygen atoms in total. The van der Waals surface area contributed by atoms with Gasteiger partial charge in [0.15, 0.2) is 0 Å². The molecule has 0 spiro atoms. The van der Waals surface area contributed by atoms with E-state index in [0.717, 1.165) is 37.1 Å². The molecule has 0 aliphatic carbocycles. The fourth-order valence-corrected chi connectivity index (χ4v) is 2.34. The summed E-state index contributed by atoms with van der Waals surface area (Å²) in [5.41, 5.74) is 1.84. The van der Waals surface area contributed by atoms with Crippen LogP contribution in [0.15, 0.2) is 24.3 Å². The van der Waals surface area contributed by atoms with Crippen molar-refractivity contribution in [1.29, 1.82) is 0 Å². The van der Waals surface area contributed by atoms with Crippen molar-refractivity contribution >= 4 is 11.9 Å². The number of rotatable bonds is 6. The Hall–Kier alpha value is -1.88. The molecule has 1 aromatic rings. The number of carboxylic acids is 1. The number of carbonyl (C=O) groups is 2. The van der Waals surface area contributed by atoms with Crippen LogP contribution in [0.5, 0.6) is 0 Å². The van der Waals surface area contributed by atoms with Crippen LogP contribution in [0, 0.1) is 0 Å². The van der Waals surface area contributed by atoms with Gasteiger partial charge in [-0.15, -0.1) is 0 Å². The van der Waals surface area contributed by atoms with Gasteiger partial charge in [0.05, 0.1) is 13.0 Å². The number of nitrogens with zero attached hydrogens (tertiary/aromatic N) is 1. The predicted molar refractivity (Wildman–Crippen MR) is 75.3 cm³/mol. The highest BCUT2D eigenvalue weighted by Gasteiger charge is 2.16. The van der Waals surface area contributed by atoms with Gasteiger partial charge in [0.2, 0.25) is 5.91 Å². The summed E-state index contributed by atoms with van der Waals surface area (Å²) < 4.78 is 0. The number of amides is 1. The number of carbonyl (C=O) groups excluding carboxylic acids is 1. The Morgan fingerprint density at radius 3 is 2.30 bits per heavy atom. The largest absolute Gasteiger partial charge is 0.481 e. The van der Waals surface area contributed by atoms with Crippen LogP contribution in [0.4, 0.5) is 0 Å². The first-order valence-electron chi connectivity index (χ1n) is 6.93. The number of nitrogens with one attached hydrogen (secondary N) is 1. The SMILES string of the molecule is O=C(O)Cc1ccc(CNCC(=O)N2CCCC2)cc1. The van der Waals surface area contributed by atoms with Crippen molar-refractivity contribution in [3.8, 4) is 0 Å². The number of hydrogen-bond donors (Lipinski definition) is 2. The Morgan fingerprint density at radius 2 is 1.70 bits per heavy atom. The van der Waals surface area contributed by atoms with Gasteiger partial charge in [-0.25, -0.2) is 0 Å². The zero-order valence-corrected chi connectivity index (χ0v) is 11.5. The summed E-state index contributed by atoms with van der Waals surface area (Å²) in [5, 5.41) is 11.8. The van der Waals surface area contributed by atoms with Gasteiger partial charge in [0.1, 0.15) is 0 Å². The molecule has 2 N–H and O–H groups in total. The molecule has 5 heteroatoms. The van der Waals surface area contributed by atoms with Crippen LogP contribution in [-0.4, -0.2) is 41.5 Å². The Kier molecular flexibility index (Phi) is 5.12. The molecule has 1 saturated heterocycles. The van der Waals surface area contributed by atoms with Crippen molar-refractivity contribution in [3.05, 3.63) is 35.4 Å². The monoisotopic (exact) mass is 276 g/mol. The summed E-state index contributed by atoms with van der Waals surface area (Å²) in [6.45, 7) is 2.73. The van der Waals surface area contributed by atoms with E-state index in [0.29, 0.717) is 13.1 Å². The maximum atomic E-state index is 11.8. The standard InChI is InChI=1S/C15H20N2O3/c18-14(17-7-1-2-8-17)11-16-10-13-5-3-12(4-6-13)9-15(19)20/h3-6,16H,1-2,7-11H2,(H,19,20). The number of aliphatic carboxylic acids is 1. The average molecular weight is 276 g/mol. The topological polar surface area (TPSA) is 69.6 Å². The molecule has 1 amide bonds. The van der Waals surface area contributed by atoms with E-state index in [1.165, 1.54) is 0 Å². The smallest absolute Gasteiger partial charge is 0.307 e. The minimum atomic E-state index is -0.827. The molecule has 108 valence electrons. The van der Waals surface area contributed by atoms with E-state index < -0.39 is 5.97 Å². The third-order valence-electron chi connectivity index (χ3n) is 3.44. The maximum Gasteiger partial charge on any atom is 0.307 e. The van der Waals surface area contributed by atoms with Crippen molar-refractivity contribution in [2.24, 2.45) is 0 Å². The molecule has 0 unspecified atom stereocenters. The third-order valence-corrected chi connectivity index (χ3v) is 3.44. The molecule has 1 fully saturated rings. The quantitative estimate of drug-likeness (QED) is 0.814. The molecule has 1 aromatic carbocycles. The minimum Gasteiger partial charge on any atom is -0.481 e. The molecule has 0 aromatic heterocycles. The summed E-state index contributed by atoms with van der Waals surface area (Å²) in [5.74, 6) is -0.669. The molecule has 20 heavy (non-hydrogen) atoms. The molecular weight excluding hydrogens is 256 g/mol. The predicted octanol–water partition coefficient (Wildman–Crippen LogP) is 1.03. The summed E-state index contributed by atoms with van der Waals surface area (Å²) in [4.78, 5) is 24.3.